The molecule has 1 atom stereocenters. The van der Waals surface area contributed by atoms with Crippen LogP contribution in [0.15, 0.2) is 15.7 Å². The number of rotatable bonds is 5. The van der Waals surface area contributed by atoms with E-state index in [0.29, 0.717) is 12.8 Å². The first-order chi connectivity index (χ1) is 8.40. The van der Waals surface area contributed by atoms with Crippen LogP contribution in [0.1, 0.15) is 37.2 Å². The number of aliphatic hydroxyl groups excluding tert-OH is 1. The van der Waals surface area contributed by atoms with Crippen molar-refractivity contribution in [2.75, 3.05) is 6.61 Å². The predicted octanol–water partition coefficient (Wildman–Crippen LogP) is -0.656. The SMILES string of the molecule is CCC(C)(CCO)NC(=O)c1cc(=O)[nH]c(=O)[nH]1. The third-order valence-electron chi connectivity index (χ3n) is 2.86. The molecule has 1 rings (SSSR count). The first-order valence-electron chi connectivity index (χ1n) is 5.67. The second-order valence-corrected chi connectivity index (χ2v) is 4.34. The number of amides is 1. The van der Waals surface area contributed by atoms with Gasteiger partial charge in [0.2, 0.25) is 0 Å². The number of hydrogen-bond acceptors (Lipinski definition) is 4. The molecule has 0 aromatic carbocycles. The molecular weight excluding hydrogens is 238 g/mol. The molecule has 0 aliphatic rings. The number of aromatic nitrogens is 2. The van der Waals surface area contributed by atoms with Crippen molar-refractivity contribution in [1.82, 2.24) is 15.3 Å². The van der Waals surface area contributed by atoms with Crippen LogP contribution < -0.4 is 16.6 Å². The summed E-state index contributed by atoms with van der Waals surface area (Å²) < 4.78 is 0. The summed E-state index contributed by atoms with van der Waals surface area (Å²) in [6, 6.07) is 1.02. The number of nitrogens with one attached hydrogen (secondary N) is 3. The molecule has 7 nitrogen and oxygen atoms in total. The maximum atomic E-state index is 11.9. The first kappa shape index (κ1) is 14.2. The van der Waals surface area contributed by atoms with E-state index in [1.54, 1.807) is 6.92 Å². The van der Waals surface area contributed by atoms with Crippen molar-refractivity contribution in [1.29, 1.82) is 0 Å². The van der Waals surface area contributed by atoms with Gasteiger partial charge in [-0.1, -0.05) is 6.92 Å². The van der Waals surface area contributed by atoms with Gasteiger partial charge in [0, 0.05) is 18.2 Å². The molecule has 7 heteroatoms. The predicted molar refractivity (Wildman–Crippen MR) is 65.5 cm³/mol. The fourth-order valence-corrected chi connectivity index (χ4v) is 1.51. The Labute approximate surface area is 103 Å². The molecule has 0 fully saturated rings. The standard InChI is InChI=1S/C11H17N3O4/c1-3-11(2,4-5-15)14-9(17)7-6-8(16)13-10(18)12-7/h6,15H,3-5H2,1-2H3,(H,14,17)(H2,12,13,16,18). The van der Waals surface area contributed by atoms with Gasteiger partial charge in [0.15, 0.2) is 0 Å². The van der Waals surface area contributed by atoms with Crippen molar-refractivity contribution in [3.8, 4) is 0 Å². The molecule has 1 unspecified atom stereocenters. The Morgan fingerprint density at radius 3 is 2.61 bits per heavy atom. The maximum absolute atomic E-state index is 11.9. The molecule has 4 N–H and O–H groups in total. The fourth-order valence-electron chi connectivity index (χ4n) is 1.51. The second-order valence-electron chi connectivity index (χ2n) is 4.34. The van der Waals surface area contributed by atoms with Crippen LogP contribution in [0, 0.1) is 0 Å². The zero-order valence-corrected chi connectivity index (χ0v) is 10.4. The number of aliphatic hydroxyl groups is 1. The smallest absolute Gasteiger partial charge is 0.326 e. The Bertz CT molecular complexity index is 505. The highest BCUT2D eigenvalue weighted by molar-refractivity contribution is 5.92. The van der Waals surface area contributed by atoms with Crippen molar-refractivity contribution in [2.24, 2.45) is 0 Å². The third-order valence-corrected chi connectivity index (χ3v) is 2.86. The Balaban J connectivity index is 2.94. The first-order valence-corrected chi connectivity index (χ1v) is 5.67. The van der Waals surface area contributed by atoms with Crippen molar-refractivity contribution in [2.45, 2.75) is 32.2 Å². The Morgan fingerprint density at radius 2 is 2.11 bits per heavy atom. The highest BCUT2D eigenvalue weighted by atomic mass is 16.3. The molecular formula is C11H17N3O4. The van der Waals surface area contributed by atoms with Crippen molar-refractivity contribution < 1.29 is 9.90 Å². The Hall–Kier alpha value is -1.89. The minimum Gasteiger partial charge on any atom is -0.396 e. The van der Waals surface area contributed by atoms with Gasteiger partial charge in [-0.3, -0.25) is 14.6 Å². The molecule has 18 heavy (non-hydrogen) atoms. The molecule has 0 aliphatic carbocycles. The van der Waals surface area contributed by atoms with Gasteiger partial charge < -0.3 is 15.4 Å². The summed E-state index contributed by atoms with van der Waals surface area (Å²) in [6.07, 6.45) is 1.01. The van der Waals surface area contributed by atoms with Gasteiger partial charge in [-0.15, -0.1) is 0 Å². The maximum Gasteiger partial charge on any atom is 0.326 e. The minimum absolute atomic E-state index is 0.0590. The van der Waals surface area contributed by atoms with Crippen LogP contribution in [0.4, 0.5) is 0 Å². The molecule has 0 saturated carbocycles. The molecule has 1 amide bonds. The summed E-state index contributed by atoms with van der Waals surface area (Å²) in [7, 11) is 0. The van der Waals surface area contributed by atoms with Crippen LogP contribution in [0.5, 0.6) is 0 Å². The Morgan fingerprint density at radius 1 is 1.44 bits per heavy atom. The lowest BCUT2D eigenvalue weighted by Gasteiger charge is -2.28. The lowest BCUT2D eigenvalue weighted by Crippen LogP contribution is -2.47. The van der Waals surface area contributed by atoms with E-state index in [0.717, 1.165) is 6.07 Å². The van der Waals surface area contributed by atoms with E-state index in [4.69, 9.17) is 5.11 Å². The molecule has 0 spiro atoms. The summed E-state index contributed by atoms with van der Waals surface area (Å²) in [6.45, 7) is 3.60. The van der Waals surface area contributed by atoms with E-state index in [2.05, 4.69) is 10.3 Å². The van der Waals surface area contributed by atoms with Crippen LogP contribution >= 0.6 is 0 Å². The summed E-state index contributed by atoms with van der Waals surface area (Å²) >= 11 is 0. The molecule has 0 saturated heterocycles. The zero-order valence-electron chi connectivity index (χ0n) is 10.4. The largest absolute Gasteiger partial charge is 0.396 e. The highest BCUT2D eigenvalue weighted by Gasteiger charge is 2.24. The second kappa shape index (κ2) is 5.63. The van der Waals surface area contributed by atoms with Gasteiger partial charge in [0.05, 0.1) is 0 Å². The molecule has 100 valence electrons. The molecule has 0 aliphatic heterocycles. The zero-order chi connectivity index (χ0) is 13.8. The number of hydrogen-bond donors (Lipinski definition) is 4. The van der Waals surface area contributed by atoms with Crippen LogP contribution in [-0.2, 0) is 0 Å². The molecule has 1 heterocycles. The number of carbonyl (C=O) groups excluding carboxylic acids is 1. The van der Waals surface area contributed by atoms with Gasteiger partial charge in [-0.25, -0.2) is 4.79 Å². The number of aromatic amines is 2. The summed E-state index contributed by atoms with van der Waals surface area (Å²) in [5, 5.41) is 11.6. The topological polar surface area (TPSA) is 115 Å². The Kier molecular flexibility index (Phi) is 4.43. The molecule has 0 bridgehead atoms. The van der Waals surface area contributed by atoms with Crippen LogP contribution in [0.2, 0.25) is 0 Å². The summed E-state index contributed by atoms with van der Waals surface area (Å²) in [5.74, 6) is -0.545. The monoisotopic (exact) mass is 255 g/mol. The molecule has 0 radical (unpaired) electrons. The van der Waals surface area contributed by atoms with E-state index >= 15 is 0 Å². The lowest BCUT2D eigenvalue weighted by atomic mass is 9.95. The fraction of sp³-hybridized carbons (Fsp3) is 0.545. The van der Waals surface area contributed by atoms with Gasteiger partial charge in [-0.2, -0.15) is 0 Å². The van der Waals surface area contributed by atoms with Crippen LogP contribution in [0.3, 0.4) is 0 Å². The molecule has 1 aromatic rings. The number of H-pyrrole nitrogens is 2. The lowest BCUT2D eigenvalue weighted by molar-refractivity contribution is 0.0880. The average Bonchev–Trinajstić information content (AvgIpc) is 2.28. The summed E-state index contributed by atoms with van der Waals surface area (Å²) in [5.41, 5.74) is -2.04. The van der Waals surface area contributed by atoms with Gasteiger partial charge in [0.1, 0.15) is 5.69 Å². The van der Waals surface area contributed by atoms with Crippen molar-refractivity contribution in [3.63, 3.8) is 0 Å². The third kappa shape index (κ3) is 3.56. The highest BCUT2D eigenvalue weighted by Crippen LogP contribution is 2.14. The van der Waals surface area contributed by atoms with Crippen LogP contribution in [-0.4, -0.2) is 33.1 Å². The summed E-state index contributed by atoms with van der Waals surface area (Å²) in [4.78, 5) is 38.2. The van der Waals surface area contributed by atoms with Gasteiger partial charge in [0.25, 0.3) is 11.5 Å². The van der Waals surface area contributed by atoms with E-state index in [9.17, 15) is 14.4 Å². The number of carbonyl (C=O) groups is 1. The van der Waals surface area contributed by atoms with Crippen LogP contribution in [0.25, 0.3) is 0 Å². The van der Waals surface area contributed by atoms with Gasteiger partial charge >= 0.3 is 5.69 Å². The minimum atomic E-state index is -0.729. The van der Waals surface area contributed by atoms with E-state index in [1.165, 1.54) is 0 Å². The van der Waals surface area contributed by atoms with E-state index in [-0.39, 0.29) is 12.3 Å². The van der Waals surface area contributed by atoms with Crippen molar-refractivity contribution in [3.05, 3.63) is 32.6 Å². The normalized spacial score (nSPS) is 13.9. The van der Waals surface area contributed by atoms with Gasteiger partial charge in [-0.05, 0) is 19.8 Å². The van der Waals surface area contributed by atoms with E-state index < -0.39 is 22.7 Å². The van der Waals surface area contributed by atoms with E-state index in [1.807, 2.05) is 11.9 Å². The average molecular weight is 255 g/mol. The quantitative estimate of drug-likeness (QED) is 0.559. The van der Waals surface area contributed by atoms with Crippen molar-refractivity contribution >= 4 is 5.91 Å². The molecule has 1 aromatic heterocycles.